The lowest BCUT2D eigenvalue weighted by Gasteiger charge is -2.20. The smallest absolute Gasteiger partial charge is 0.332 e. The van der Waals surface area contributed by atoms with Crippen LogP contribution in [0.3, 0.4) is 0 Å². The second-order valence-electron chi connectivity index (χ2n) is 6.79. The first-order chi connectivity index (χ1) is 13.5. The Hall–Kier alpha value is -2.33. The van der Waals surface area contributed by atoms with Gasteiger partial charge in [0.2, 0.25) is 5.91 Å². The lowest BCUT2D eigenvalue weighted by Crippen LogP contribution is -2.39. The molecule has 4 heterocycles. The van der Waals surface area contributed by atoms with Crippen LogP contribution in [0.25, 0.3) is 11.2 Å². The quantitative estimate of drug-likeness (QED) is 0.637. The van der Waals surface area contributed by atoms with Crippen LogP contribution in [-0.2, 0) is 25.4 Å². The largest absolute Gasteiger partial charge is 0.340 e. The number of amides is 1. The first kappa shape index (κ1) is 19.0. The van der Waals surface area contributed by atoms with Crippen molar-refractivity contribution in [1.82, 2.24) is 23.6 Å². The Labute approximate surface area is 169 Å². The number of aryl methyl sites for hydroxylation is 1. The van der Waals surface area contributed by atoms with Gasteiger partial charge in [-0.3, -0.25) is 18.7 Å². The van der Waals surface area contributed by atoms with Crippen LogP contribution in [0.4, 0.5) is 0 Å². The maximum Gasteiger partial charge on any atom is 0.332 e. The second-order valence-corrected chi connectivity index (χ2v) is 9.08. The number of rotatable bonds is 3. The number of carbonyl (C=O) groups is 1. The molecule has 0 N–H and O–H groups in total. The molecule has 4 rings (SSSR count). The lowest BCUT2D eigenvalue weighted by molar-refractivity contribution is -0.131. The molecule has 0 spiro atoms. The van der Waals surface area contributed by atoms with E-state index in [4.69, 9.17) is 0 Å². The summed E-state index contributed by atoms with van der Waals surface area (Å²) in [7, 11) is 3.00. The molecular formula is C18H21N5O3S2. The zero-order chi connectivity index (χ0) is 19.8. The van der Waals surface area contributed by atoms with Crippen molar-refractivity contribution >= 4 is 40.2 Å². The number of imidazole rings is 1. The standard InChI is InChI=1S/C18H21N5O3S2/c1-20-16-15(17(25)21(2)18(20)26)23(11-19-16)10-14(24)22-6-5-13(28-9-7-22)12-4-3-8-27-12/h3-4,8,11,13H,5-7,9-10H2,1-2H3/t13-/m1/s1. The summed E-state index contributed by atoms with van der Waals surface area (Å²) in [6.07, 6.45) is 2.38. The maximum atomic E-state index is 12.9. The van der Waals surface area contributed by atoms with E-state index in [0.29, 0.717) is 24.0 Å². The zero-order valence-corrected chi connectivity index (χ0v) is 17.3. The molecule has 3 aromatic heterocycles. The van der Waals surface area contributed by atoms with E-state index >= 15 is 0 Å². The third-order valence-electron chi connectivity index (χ3n) is 5.08. The second kappa shape index (κ2) is 7.59. The zero-order valence-electron chi connectivity index (χ0n) is 15.7. The first-order valence-corrected chi connectivity index (χ1v) is 10.9. The summed E-state index contributed by atoms with van der Waals surface area (Å²) in [5.74, 6) is 0.845. The van der Waals surface area contributed by atoms with Gasteiger partial charge in [-0.05, 0) is 17.9 Å². The normalized spacial score (nSPS) is 17.8. The molecule has 0 aliphatic carbocycles. The van der Waals surface area contributed by atoms with Gasteiger partial charge >= 0.3 is 5.69 Å². The predicted octanol–water partition coefficient (Wildman–Crippen LogP) is 1.20. The Bertz CT molecular complexity index is 1130. The Morgan fingerprint density at radius 1 is 1.25 bits per heavy atom. The van der Waals surface area contributed by atoms with E-state index in [1.165, 1.54) is 22.8 Å². The van der Waals surface area contributed by atoms with Gasteiger partial charge in [-0.1, -0.05) is 6.07 Å². The SMILES string of the molecule is Cn1c(=O)c2c(ncn2CC(=O)N2CCS[C@@H](c3cccs3)CC2)n(C)c1=O. The molecule has 3 aromatic rings. The number of hydrogen-bond donors (Lipinski definition) is 0. The van der Waals surface area contributed by atoms with Crippen molar-refractivity contribution in [3.8, 4) is 0 Å². The molecule has 1 amide bonds. The van der Waals surface area contributed by atoms with E-state index in [2.05, 4.69) is 22.5 Å². The number of aromatic nitrogens is 4. The molecule has 148 valence electrons. The highest BCUT2D eigenvalue weighted by Gasteiger charge is 2.24. The summed E-state index contributed by atoms with van der Waals surface area (Å²) in [6, 6.07) is 4.21. The van der Waals surface area contributed by atoms with Gasteiger partial charge in [0, 0.05) is 43.1 Å². The van der Waals surface area contributed by atoms with E-state index in [0.717, 1.165) is 16.7 Å². The maximum absolute atomic E-state index is 12.9. The van der Waals surface area contributed by atoms with E-state index in [1.807, 2.05) is 16.7 Å². The van der Waals surface area contributed by atoms with Crippen molar-refractivity contribution in [3.63, 3.8) is 0 Å². The number of carbonyl (C=O) groups excluding carboxylic acids is 1. The van der Waals surface area contributed by atoms with Crippen molar-refractivity contribution in [2.45, 2.75) is 18.2 Å². The molecule has 1 atom stereocenters. The van der Waals surface area contributed by atoms with Crippen molar-refractivity contribution in [3.05, 3.63) is 49.6 Å². The van der Waals surface area contributed by atoms with Crippen LogP contribution in [0.15, 0.2) is 33.4 Å². The molecule has 1 saturated heterocycles. The summed E-state index contributed by atoms with van der Waals surface area (Å²) in [4.78, 5) is 44.9. The van der Waals surface area contributed by atoms with Crippen LogP contribution < -0.4 is 11.2 Å². The molecule has 1 aliphatic rings. The monoisotopic (exact) mass is 419 g/mol. The van der Waals surface area contributed by atoms with Gasteiger partial charge in [-0.25, -0.2) is 9.78 Å². The van der Waals surface area contributed by atoms with E-state index < -0.39 is 11.2 Å². The van der Waals surface area contributed by atoms with Crippen molar-refractivity contribution in [2.75, 3.05) is 18.8 Å². The van der Waals surface area contributed by atoms with Gasteiger partial charge in [0.15, 0.2) is 11.2 Å². The molecule has 0 saturated carbocycles. The summed E-state index contributed by atoms with van der Waals surface area (Å²) < 4.78 is 3.92. The fourth-order valence-electron chi connectivity index (χ4n) is 3.48. The predicted molar refractivity (Wildman–Crippen MR) is 111 cm³/mol. The third-order valence-corrected chi connectivity index (χ3v) is 7.52. The Morgan fingerprint density at radius 3 is 2.82 bits per heavy atom. The Balaban J connectivity index is 1.54. The topological polar surface area (TPSA) is 82.1 Å². The summed E-state index contributed by atoms with van der Waals surface area (Å²) in [5, 5.41) is 2.51. The Morgan fingerprint density at radius 2 is 2.07 bits per heavy atom. The molecule has 0 aromatic carbocycles. The van der Waals surface area contributed by atoms with Crippen molar-refractivity contribution < 1.29 is 4.79 Å². The van der Waals surface area contributed by atoms with Crippen LogP contribution in [0.2, 0.25) is 0 Å². The minimum Gasteiger partial charge on any atom is -0.340 e. The van der Waals surface area contributed by atoms with Gasteiger partial charge in [0.1, 0.15) is 6.54 Å². The highest BCUT2D eigenvalue weighted by Crippen LogP contribution is 2.36. The molecule has 0 radical (unpaired) electrons. The van der Waals surface area contributed by atoms with E-state index in [-0.39, 0.29) is 18.0 Å². The molecule has 0 bridgehead atoms. The molecule has 1 fully saturated rings. The minimum absolute atomic E-state index is 0.0392. The fraction of sp³-hybridized carbons (Fsp3) is 0.444. The summed E-state index contributed by atoms with van der Waals surface area (Å²) in [5.41, 5.74) is -0.297. The molecule has 8 nitrogen and oxygen atoms in total. The number of fused-ring (bicyclic) bond motifs is 1. The van der Waals surface area contributed by atoms with Gasteiger partial charge in [0.25, 0.3) is 5.56 Å². The van der Waals surface area contributed by atoms with Gasteiger partial charge < -0.3 is 9.47 Å². The minimum atomic E-state index is -0.437. The number of thioether (sulfide) groups is 1. The van der Waals surface area contributed by atoms with Crippen molar-refractivity contribution in [2.24, 2.45) is 14.1 Å². The number of thiophene rings is 1. The lowest BCUT2D eigenvalue weighted by atomic mass is 10.2. The third kappa shape index (κ3) is 3.30. The fourth-order valence-corrected chi connectivity index (χ4v) is 5.72. The molecule has 10 heteroatoms. The number of nitrogens with zero attached hydrogens (tertiary/aromatic N) is 5. The highest BCUT2D eigenvalue weighted by atomic mass is 32.2. The van der Waals surface area contributed by atoms with Crippen molar-refractivity contribution in [1.29, 1.82) is 0 Å². The van der Waals surface area contributed by atoms with E-state index in [9.17, 15) is 14.4 Å². The molecule has 28 heavy (non-hydrogen) atoms. The van der Waals surface area contributed by atoms with Gasteiger partial charge in [-0.2, -0.15) is 11.8 Å². The van der Waals surface area contributed by atoms with Crippen LogP contribution in [-0.4, -0.2) is 48.3 Å². The van der Waals surface area contributed by atoms with Crippen LogP contribution in [0, 0.1) is 0 Å². The van der Waals surface area contributed by atoms with Gasteiger partial charge in [0.05, 0.1) is 6.33 Å². The molecular weight excluding hydrogens is 398 g/mol. The van der Waals surface area contributed by atoms with Crippen LogP contribution >= 0.6 is 23.1 Å². The van der Waals surface area contributed by atoms with Gasteiger partial charge in [-0.15, -0.1) is 11.3 Å². The molecule has 1 aliphatic heterocycles. The summed E-state index contributed by atoms with van der Waals surface area (Å²) in [6.45, 7) is 1.42. The van der Waals surface area contributed by atoms with E-state index in [1.54, 1.807) is 23.0 Å². The first-order valence-electron chi connectivity index (χ1n) is 9.01. The molecule has 0 unspecified atom stereocenters. The average molecular weight is 420 g/mol. The van der Waals surface area contributed by atoms with Crippen LogP contribution in [0.1, 0.15) is 16.5 Å². The summed E-state index contributed by atoms with van der Waals surface area (Å²) >= 11 is 3.64. The average Bonchev–Trinajstić information content (AvgIpc) is 3.30. The Kier molecular flexibility index (Phi) is 5.15. The number of hydrogen-bond acceptors (Lipinski definition) is 6. The highest BCUT2D eigenvalue weighted by molar-refractivity contribution is 7.99. The van der Waals surface area contributed by atoms with Crippen LogP contribution in [0.5, 0.6) is 0 Å².